The maximum Gasteiger partial charge on any atom is 0.258 e. The van der Waals surface area contributed by atoms with E-state index in [4.69, 9.17) is 4.74 Å². The van der Waals surface area contributed by atoms with Crippen LogP contribution in [0.15, 0.2) is 36.2 Å². The summed E-state index contributed by atoms with van der Waals surface area (Å²) < 4.78 is 7.27. The van der Waals surface area contributed by atoms with Crippen molar-refractivity contribution in [3.05, 3.63) is 58.6 Å². The number of aliphatic hydroxyl groups is 1. The van der Waals surface area contributed by atoms with Crippen LogP contribution in [0, 0.1) is 6.92 Å². The third-order valence-corrected chi connectivity index (χ3v) is 4.86. The van der Waals surface area contributed by atoms with Crippen LogP contribution in [-0.2, 0) is 29.7 Å². The van der Waals surface area contributed by atoms with Crippen molar-refractivity contribution < 1.29 is 14.6 Å². The van der Waals surface area contributed by atoms with Crippen LogP contribution >= 0.6 is 0 Å². The van der Waals surface area contributed by atoms with Crippen LogP contribution in [0.5, 0.6) is 0 Å². The van der Waals surface area contributed by atoms with Crippen molar-refractivity contribution in [2.24, 2.45) is 7.05 Å². The fourth-order valence-electron chi connectivity index (χ4n) is 3.36. The van der Waals surface area contributed by atoms with E-state index in [0.29, 0.717) is 12.3 Å². The van der Waals surface area contributed by atoms with Crippen LogP contribution < -0.4 is 5.32 Å². The molecule has 3 rings (SSSR count). The van der Waals surface area contributed by atoms with Crippen molar-refractivity contribution >= 4 is 12.0 Å². The zero-order chi connectivity index (χ0) is 20.1. The molecule has 7 nitrogen and oxygen atoms in total. The number of aliphatic hydroxyl groups excluding tert-OH is 1. The van der Waals surface area contributed by atoms with Crippen molar-refractivity contribution in [2.75, 3.05) is 19.7 Å². The monoisotopic (exact) mass is 384 g/mol. The molecule has 1 amide bonds. The summed E-state index contributed by atoms with van der Waals surface area (Å²) >= 11 is 0. The minimum atomic E-state index is -0.619. The molecule has 0 unspecified atom stereocenters. The fourth-order valence-corrected chi connectivity index (χ4v) is 3.36. The number of aryl methyl sites for hydroxylation is 2. The molecule has 1 aromatic heterocycles. The largest absolute Gasteiger partial charge is 0.488 e. The van der Waals surface area contributed by atoms with E-state index in [1.165, 1.54) is 11.1 Å². The number of carbonyl (C=O) groups is 1. The van der Waals surface area contributed by atoms with Crippen molar-refractivity contribution in [1.82, 2.24) is 20.0 Å². The first-order chi connectivity index (χ1) is 13.4. The summed E-state index contributed by atoms with van der Waals surface area (Å²) in [6.07, 6.45) is 3.02. The van der Waals surface area contributed by atoms with E-state index < -0.39 is 6.10 Å². The van der Waals surface area contributed by atoms with E-state index >= 15 is 0 Å². The molecule has 0 radical (unpaired) electrons. The standard InChI is InChI=1S/C21H28N4O3/c1-15-9-23-24(3)20(15)8-16(2)28-14-21(27)22-10-19(26)13-25-11-17-6-4-5-7-18(17)12-25/h4-9,19,26H,10-14H2,1-3H3,(H,22,27)/b16-8+/t19-/m1/s1. The number of fused-ring (bicyclic) bond motifs is 1. The number of aromatic nitrogens is 2. The topological polar surface area (TPSA) is 79.6 Å². The Hall–Kier alpha value is -2.64. The highest BCUT2D eigenvalue weighted by atomic mass is 16.5. The molecule has 2 heterocycles. The molecule has 28 heavy (non-hydrogen) atoms. The number of ether oxygens (including phenoxy) is 1. The molecule has 0 spiro atoms. The molecule has 1 aliphatic heterocycles. The van der Waals surface area contributed by atoms with Crippen LogP contribution in [-0.4, -0.2) is 51.5 Å². The molecule has 150 valence electrons. The first-order valence-electron chi connectivity index (χ1n) is 9.46. The molecule has 0 saturated heterocycles. The van der Waals surface area contributed by atoms with Crippen LogP contribution in [0.3, 0.4) is 0 Å². The van der Waals surface area contributed by atoms with Crippen molar-refractivity contribution in [2.45, 2.75) is 33.0 Å². The second-order valence-electron chi connectivity index (χ2n) is 7.28. The van der Waals surface area contributed by atoms with E-state index in [0.717, 1.165) is 24.3 Å². The summed E-state index contributed by atoms with van der Waals surface area (Å²) in [5, 5.41) is 17.1. The Labute approximate surface area is 165 Å². The lowest BCUT2D eigenvalue weighted by atomic mass is 10.1. The molecule has 2 aromatic rings. The third kappa shape index (κ3) is 5.21. The van der Waals surface area contributed by atoms with Crippen LogP contribution in [0.2, 0.25) is 0 Å². The molecule has 0 aliphatic carbocycles. The number of allylic oxidation sites excluding steroid dienone is 1. The van der Waals surface area contributed by atoms with Crippen LogP contribution in [0.1, 0.15) is 29.3 Å². The highest BCUT2D eigenvalue weighted by Gasteiger charge is 2.20. The van der Waals surface area contributed by atoms with Gasteiger partial charge >= 0.3 is 0 Å². The number of nitrogens with zero attached hydrogens (tertiary/aromatic N) is 3. The lowest BCUT2D eigenvalue weighted by molar-refractivity contribution is -0.124. The summed E-state index contributed by atoms with van der Waals surface area (Å²) in [6, 6.07) is 8.30. The molecule has 0 saturated carbocycles. The van der Waals surface area contributed by atoms with Gasteiger partial charge in [0.25, 0.3) is 5.91 Å². The minimum absolute atomic E-state index is 0.0822. The number of β-amino-alcohol motifs (C(OH)–C–C–N with tert-alkyl or cyclic N) is 1. The summed E-state index contributed by atoms with van der Waals surface area (Å²) in [6.45, 7) is 6.09. The van der Waals surface area contributed by atoms with Crippen molar-refractivity contribution in [3.63, 3.8) is 0 Å². The first-order valence-corrected chi connectivity index (χ1v) is 9.46. The number of benzene rings is 1. The Bertz CT molecular complexity index is 815. The molecule has 1 aromatic carbocycles. The summed E-state index contributed by atoms with van der Waals surface area (Å²) in [5.41, 5.74) is 4.60. The van der Waals surface area contributed by atoms with Crippen LogP contribution in [0.25, 0.3) is 6.08 Å². The highest BCUT2D eigenvalue weighted by Crippen LogP contribution is 2.21. The normalized spacial score (nSPS) is 15.4. The van der Waals surface area contributed by atoms with Crippen molar-refractivity contribution in [1.29, 1.82) is 0 Å². The number of hydrogen-bond acceptors (Lipinski definition) is 5. The average Bonchev–Trinajstić information content (AvgIpc) is 3.22. The smallest absolute Gasteiger partial charge is 0.258 e. The zero-order valence-corrected chi connectivity index (χ0v) is 16.7. The number of amides is 1. The van der Waals surface area contributed by atoms with E-state index in [1.54, 1.807) is 17.8 Å². The fraction of sp³-hybridized carbons (Fsp3) is 0.429. The quantitative estimate of drug-likeness (QED) is 0.676. The Balaban J connectivity index is 1.37. The van der Waals surface area contributed by atoms with Gasteiger partial charge in [0.1, 0.15) is 0 Å². The van der Waals surface area contributed by atoms with Gasteiger partial charge in [-0.05, 0) is 30.5 Å². The van der Waals surface area contributed by atoms with Gasteiger partial charge < -0.3 is 15.2 Å². The van der Waals surface area contributed by atoms with Gasteiger partial charge in [-0.2, -0.15) is 5.10 Å². The predicted molar refractivity (Wildman–Crippen MR) is 107 cm³/mol. The molecule has 0 bridgehead atoms. The molecule has 1 atom stereocenters. The van der Waals surface area contributed by atoms with Gasteiger partial charge in [-0.15, -0.1) is 0 Å². The number of hydrogen-bond donors (Lipinski definition) is 2. The van der Waals surface area contributed by atoms with Gasteiger partial charge in [0, 0.05) is 39.3 Å². The van der Waals surface area contributed by atoms with Gasteiger partial charge in [0.15, 0.2) is 6.61 Å². The maximum absolute atomic E-state index is 12.0. The number of carbonyl (C=O) groups excluding carboxylic acids is 1. The molecule has 1 aliphatic rings. The van der Waals surface area contributed by atoms with E-state index in [-0.39, 0.29) is 19.1 Å². The molecule has 0 fully saturated rings. The van der Waals surface area contributed by atoms with E-state index in [2.05, 4.69) is 27.4 Å². The molecule has 7 heteroatoms. The number of nitrogens with one attached hydrogen (secondary N) is 1. The maximum atomic E-state index is 12.0. The third-order valence-electron chi connectivity index (χ3n) is 4.86. The highest BCUT2D eigenvalue weighted by molar-refractivity contribution is 5.77. The minimum Gasteiger partial charge on any atom is -0.488 e. The number of rotatable bonds is 8. The first kappa shape index (κ1) is 20.1. The summed E-state index contributed by atoms with van der Waals surface area (Å²) in [4.78, 5) is 14.2. The Morgan fingerprint density at radius 2 is 2.04 bits per heavy atom. The van der Waals surface area contributed by atoms with E-state index in [9.17, 15) is 9.90 Å². The van der Waals surface area contributed by atoms with Gasteiger partial charge in [0.05, 0.1) is 23.8 Å². The zero-order valence-electron chi connectivity index (χ0n) is 16.7. The van der Waals surface area contributed by atoms with Gasteiger partial charge in [-0.25, -0.2) is 0 Å². The molecule has 2 N–H and O–H groups in total. The second-order valence-corrected chi connectivity index (χ2v) is 7.28. The summed E-state index contributed by atoms with van der Waals surface area (Å²) in [7, 11) is 1.86. The average molecular weight is 384 g/mol. The summed E-state index contributed by atoms with van der Waals surface area (Å²) in [5.74, 6) is 0.385. The lowest BCUT2D eigenvalue weighted by Crippen LogP contribution is -2.39. The van der Waals surface area contributed by atoms with Gasteiger partial charge in [-0.3, -0.25) is 14.4 Å². The molecular formula is C21H28N4O3. The second kappa shape index (κ2) is 9.03. The van der Waals surface area contributed by atoms with Crippen molar-refractivity contribution in [3.8, 4) is 0 Å². The van der Waals surface area contributed by atoms with Gasteiger partial charge in [-0.1, -0.05) is 24.3 Å². The Kier molecular flexibility index (Phi) is 6.49. The van der Waals surface area contributed by atoms with Crippen LogP contribution in [0.4, 0.5) is 0 Å². The predicted octanol–water partition coefficient (Wildman–Crippen LogP) is 1.60. The molecular weight excluding hydrogens is 356 g/mol. The Morgan fingerprint density at radius 3 is 2.64 bits per heavy atom. The Morgan fingerprint density at radius 1 is 1.36 bits per heavy atom. The van der Waals surface area contributed by atoms with Gasteiger partial charge in [0.2, 0.25) is 0 Å². The van der Waals surface area contributed by atoms with E-state index in [1.807, 2.05) is 32.2 Å². The lowest BCUT2D eigenvalue weighted by Gasteiger charge is -2.19. The SMILES string of the molecule is C/C(=C\c1c(C)cnn1C)OCC(=O)NC[C@@H](O)CN1Cc2ccccc2C1.